The Morgan fingerprint density at radius 1 is 1.35 bits per heavy atom. The summed E-state index contributed by atoms with van der Waals surface area (Å²) >= 11 is 0. The highest BCUT2D eigenvalue weighted by atomic mass is 16.5. The van der Waals surface area contributed by atoms with Gasteiger partial charge in [0.15, 0.2) is 5.82 Å². The number of methoxy groups -OCH3 is 1. The first-order valence-corrected chi connectivity index (χ1v) is 7.09. The van der Waals surface area contributed by atoms with Crippen molar-refractivity contribution in [3.63, 3.8) is 0 Å². The molecule has 0 amide bonds. The molecule has 0 spiro atoms. The van der Waals surface area contributed by atoms with Gasteiger partial charge >= 0.3 is 0 Å². The maximum absolute atomic E-state index is 5.08. The van der Waals surface area contributed by atoms with E-state index in [0.717, 1.165) is 31.1 Å². The van der Waals surface area contributed by atoms with Crippen LogP contribution in [0.5, 0.6) is 0 Å². The highest BCUT2D eigenvalue weighted by molar-refractivity contribution is 5.47. The topological polar surface area (TPSA) is 62.3 Å². The van der Waals surface area contributed by atoms with Crippen molar-refractivity contribution in [1.82, 2.24) is 14.9 Å². The summed E-state index contributed by atoms with van der Waals surface area (Å²) in [6, 6.07) is 2.50. The van der Waals surface area contributed by atoms with E-state index in [9.17, 15) is 0 Å². The van der Waals surface area contributed by atoms with Crippen molar-refractivity contribution < 1.29 is 4.74 Å². The number of ether oxygens (including phenoxy) is 1. The van der Waals surface area contributed by atoms with Crippen LogP contribution in [0, 0.1) is 0 Å². The molecule has 0 bridgehead atoms. The average Bonchev–Trinajstić information content (AvgIpc) is 2.46. The summed E-state index contributed by atoms with van der Waals surface area (Å²) in [5.74, 6) is 2.30. The van der Waals surface area contributed by atoms with Crippen LogP contribution in [0.3, 0.4) is 0 Å². The summed E-state index contributed by atoms with van der Waals surface area (Å²) in [5, 5.41) is 6.38. The van der Waals surface area contributed by atoms with Crippen LogP contribution in [0.25, 0.3) is 0 Å². The Bertz CT molecular complexity index is 399. The van der Waals surface area contributed by atoms with E-state index < -0.39 is 0 Å². The van der Waals surface area contributed by atoms with Gasteiger partial charge in [0.2, 0.25) is 0 Å². The molecule has 114 valence electrons. The maximum atomic E-state index is 5.08. The van der Waals surface area contributed by atoms with Crippen LogP contribution in [-0.2, 0) is 11.3 Å². The van der Waals surface area contributed by atoms with Crippen LogP contribution in [0.4, 0.5) is 11.6 Å². The van der Waals surface area contributed by atoms with Crippen molar-refractivity contribution in [3.05, 3.63) is 11.9 Å². The van der Waals surface area contributed by atoms with Crippen molar-refractivity contribution in [3.8, 4) is 0 Å². The molecule has 0 aliphatic carbocycles. The summed E-state index contributed by atoms with van der Waals surface area (Å²) in [7, 11) is 5.63. The first-order valence-electron chi connectivity index (χ1n) is 7.09. The number of nitrogens with zero attached hydrogens (tertiary/aromatic N) is 3. The van der Waals surface area contributed by atoms with Gasteiger partial charge in [-0.25, -0.2) is 9.97 Å². The molecule has 0 aliphatic heterocycles. The molecule has 6 heteroatoms. The first-order chi connectivity index (χ1) is 9.60. The van der Waals surface area contributed by atoms with Gasteiger partial charge in [-0.1, -0.05) is 6.92 Å². The van der Waals surface area contributed by atoms with Gasteiger partial charge in [-0.15, -0.1) is 0 Å². The number of anilines is 2. The lowest BCUT2D eigenvalue weighted by Crippen LogP contribution is -2.32. The summed E-state index contributed by atoms with van der Waals surface area (Å²) in [6.45, 7) is 6.69. The molecule has 0 aromatic carbocycles. The van der Waals surface area contributed by atoms with Gasteiger partial charge in [0, 0.05) is 39.4 Å². The summed E-state index contributed by atoms with van der Waals surface area (Å²) in [6.07, 6.45) is 1.16. The third-order valence-electron chi connectivity index (χ3n) is 3.42. The van der Waals surface area contributed by atoms with E-state index in [1.807, 2.05) is 13.1 Å². The molecule has 0 saturated carbocycles. The summed E-state index contributed by atoms with van der Waals surface area (Å²) in [5.41, 5.74) is 0. The minimum Gasteiger partial charge on any atom is -0.377 e. The quantitative estimate of drug-likeness (QED) is 0.720. The van der Waals surface area contributed by atoms with Crippen molar-refractivity contribution in [2.45, 2.75) is 32.9 Å². The molecule has 0 saturated heterocycles. The van der Waals surface area contributed by atoms with E-state index in [4.69, 9.17) is 4.74 Å². The van der Waals surface area contributed by atoms with Crippen LogP contribution < -0.4 is 10.6 Å². The molecule has 1 heterocycles. The first kappa shape index (κ1) is 16.7. The Morgan fingerprint density at radius 3 is 2.65 bits per heavy atom. The Labute approximate surface area is 121 Å². The summed E-state index contributed by atoms with van der Waals surface area (Å²) < 4.78 is 5.08. The van der Waals surface area contributed by atoms with Gasteiger partial charge in [-0.2, -0.15) is 0 Å². The number of nitrogens with one attached hydrogen (secondary N) is 2. The molecule has 6 nitrogen and oxygen atoms in total. The predicted octanol–water partition coefficient (Wildman–Crippen LogP) is 1.81. The summed E-state index contributed by atoms with van der Waals surface area (Å²) in [4.78, 5) is 11.1. The number of hydrogen-bond donors (Lipinski definition) is 2. The zero-order valence-electron chi connectivity index (χ0n) is 13.2. The van der Waals surface area contributed by atoms with Gasteiger partial charge < -0.3 is 20.3 Å². The third-order valence-corrected chi connectivity index (χ3v) is 3.42. The van der Waals surface area contributed by atoms with Gasteiger partial charge in [-0.3, -0.25) is 0 Å². The van der Waals surface area contributed by atoms with Crippen molar-refractivity contribution in [2.24, 2.45) is 0 Å². The highest BCUT2D eigenvalue weighted by Crippen LogP contribution is 2.11. The number of hydrogen-bond acceptors (Lipinski definition) is 6. The standard InChI is InChI=1S/C14H27N5O/c1-6-11(2)19(4)8-7-16-13-9-12(15-3)17-14(18-13)10-20-5/h9,11H,6-8,10H2,1-5H3,(H2,15,16,17,18). The van der Waals surface area contributed by atoms with E-state index in [1.54, 1.807) is 7.11 Å². The molecule has 0 aliphatic rings. The molecule has 1 unspecified atom stereocenters. The third kappa shape index (κ3) is 5.30. The minimum atomic E-state index is 0.414. The minimum absolute atomic E-state index is 0.414. The lowest BCUT2D eigenvalue weighted by molar-refractivity contribution is 0.178. The second-order valence-corrected chi connectivity index (χ2v) is 4.90. The Hall–Kier alpha value is -1.40. The van der Waals surface area contributed by atoms with Crippen LogP contribution >= 0.6 is 0 Å². The molecule has 0 fully saturated rings. The van der Waals surface area contributed by atoms with E-state index in [-0.39, 0.29) is 0 Å². The van der Waals surface area contributed by atoms with E-state index in [1.165, 1.54) is 0 Å². The molecule has 20 heavy (non-hydrogen) atoms. The van der Waals surface area contributed by atoms with E-state index in [2.05, 4.69) is 46.4 Å². The van der Waals surface area contributed by atoms with Crippen LogP contribution in [0.15, 0.2) is 6.07 Å². The fourth-order valence-corrected chi connectivity index (χ4v) is 1.80. The fourth-order valence-electron chi connectivity index (χ4n) is 1.80. The van der Waals surface area contributed by atoms with Crippen molar-refractivity contribution >= 4 is 11.6 Å². The lowest BCUT2D eigenvalue weighted by Gasteiger charge is -2.23. The zero-order chi connectivity index (χ0) is 15.0. The van der Waals surface area contributed by atoms with Crippen molar-refractivity contribution in [1.29, 1.82) is 0 Å². The Kier molecular flexibility index (Phi) is 7.25. The maximum Gasteiger partial charge on any atom is 0.158 e. The molecule has 1 aromatic rings. The normalized spacial score (nSPS) is 12.5. The van der Waals surface area contributed by atoms with Gasteiger partial charge in [0.25, 0.3) is 0 Å². The van der Waals surface area contributed by atoms with Gasteiger partial charge in [0.05, 0.1) is 0 Å². The zero-order valence-corrected chi connectivity index (χ0v) is 13.2. The molecule has 0 radical (unpaired) electrons. The molecule has 1 rings (SSSR count). The van der Waals surface area contributed by atoms with E-state index >= 15 is 0 Å². The number of rotatable bonds is 9. The molecule has 2 N–H and O–H groups in total. The molecule has 1 aromatic heterocycles. The predicted molar refractivity (Wildman–Crippen MR) is 83.2 cm³/mol. The van der Waals surface area contributed by atoms with Gasteiger partial charge in [-0.05, 0) is 20.4 Å². The Balaban J connectivity index is 2.56. The molecular formula is C14H27N5O. The van der Waals surface area contributed by atoms with Gasteiger partial charge in [0.1, 0.15) is 18.2 Å². The van der Waals surface area contributed by atoms with Crippen LogP contribution in [0.2, 0.25) is 0 Å². The average molecular weight is 281 g/mol. The number of likely N-dealkylation sites (N-methyl/N-ethyl adjacent to an activating group) is 1. The largest absolute Gasteiger partial charge is 0.377 e. The monoisotopic (exact) mass is 281 g/mol. The van der Waals surface area contributed by atoms with E-state index in [0.29, 0.717) is 18.5 Å². The molecular weight excluding hydrogens is 254 g/mol. The van der Waals surface area contributed by atoms with Crippen LogP contribution in [-0.4, -0.2) is 55.2 Å². The fraction of sp³-hybridized carbons (Fsp3) is 0.714. The Morgan fingerprint density at radius 2 is 2.05 bits per heavy atom. The lowest BCUT2D eigenvalue weighted by atomic mass is 10.2. The smallest absolute Gasteiger partial charge is 0.158 e. The SMILES string of the molecule is CCC(C)N(C)CCNc1cc(NC)nc(COC)n1. The van der Waals surface area contributed by atoms with Crippen LogP contribution in [0.1, 0.15) is 26.1 Å². The second kappa shape index (κ2) is 8.71. The second-order valence-electron chi connectivity index (χ2n) is 4.90. The molecule has 1 atom stereocenters. The number of aromatic nitrogens is 2. The van der Waals surface area contributed by atoms with Crippen molar-refractivity contribution in [2.75, 3.05) is 44.9 Å². The highest BCUT2D eigenvalue weighted by Gasteiger charge is 2.07.